The zero-order valence-corrected chi connectivity index (χ0v) is 8.80. The Hall–Kier alpha value is -0.780. The second-order valence-corrected chi connectivity index (χ2v) is 4.36. The van der Waals surface area contributed by atoms with Gasteiger partial charge in [0.15, 0.2) is 0 Å². The van der Waals surface area contributed by atoms with Gasteiger partial charge in [-0.2, -0.15) is 0 Å². The Morgan fingerprint density at radius 3 is 2.77 bits per heavy atom. The molecule has 0 saturated heterocycles. The van der Waals surface area contributed by atoms with Crippen LogP contribution in [0.3, 0.4) is 0 Å². The third-order valence-electron chi connectivity index (χ3n) is 3.50. The van der Waals surface area contributed by atoms with E-state index in [0.717, 1.165) is 18.3 Å². The second kappa shape index (κ2) is 3.17. The van der Waals surface area contributed by atoms with E-state index in [2.05, 4.69) is 39.0 Å². The van der Waals surface area contributed by atoms with Gasteiger partial charge in [0.2, 0.25) is 0 Å². The molecule has 13 heavy (non-hydrogen) atoms. The molecule has 2 unspecified atom stereocenters. The van der Waals surface area contributed by atoms with Gasteiger partial charge in [-0.25, -0.2) is 0 Å². The van der Waals surface area contributed by atoms with E-state index in [1.165, 1.54) is 12.0 Å². The fraction of sp³-hybridized carbons (Fsp3) is 0.538. The number of aryl methyl sites for hydroxylation is 1. The maximum absolute atomic E-state index is 2.40. The van der Waals surface area contributed by atoms with Crippen LogP contribution in [0.4, 0.5) is 0 Å². The van der Waals surface area contributed by atoms with Gasteiger partial charge in [-0.15, -0.1) is 0 Å². The van der Waals surface area contributed by atoms with Crippen LogP contribution in [0.25, 0.3) is 0 Å². The minimum atomic E-state index is 0.765. The van der Waals surface area contributed by atoms with Gasteiger partial charge in [-0.05, 0) is 41.4 Å². The lowest BCUT2D eigenvalue weighted by Gasteiger charge is -2.09. The number of hydrogen-bond donors (Lipinski definition) is 0. The van der Waals surface area contributed by atoms with E-state index in [-0.39, 0.29) is 0 Å². The van der Waals surface area contributed by atoms with Crippen molar-refractivity contribution in [2.24, 2.45) is 5.92 Å². The van der Waals surface area contributed by atoms with Crippen molar-refractivity contribution in [1.82, 2.24) is 0 Å². The lowest BCUT2D eigenvalue weighted by molar-refractivity contribution is 0.532. The molecule has 0 nitrogen and oxygen atoms in total. The lowest BCUT2D eigenvalue weighted by atomic mass is 9.96. The molecular formula is C13H18. The summed E-state index contributed by atoms with van der Waals surface area (Å²) < 4.78 is 0. The largest absolute Gasteiger partial charge is 0.0616 e. The first kappa shape index (κ1) is 8.80. The highest BCUT2D eigenvalue weighted by atomic mass is 14.3. The summed E-state index contributed by atoms with van der Waals surface area (Å²) in [5.74, 6) is 1.60. The predicted molar refractivity (Wildman–Crippen MR) is 57.1 cm³/mol. The fourth-order valence-corrected chi connectivity index (χ4v) is 2.33. The molecule has 1 aliphatic carbocycles. The number of rotatable bonds is 1. The summed E-state index contributed by atoms with van der Waals surface area (Å²) in [6.07, 6.45) is 2.44. The van der Waals surface area contributed by atoms with Crippen LogP contribution in [0, 0.1) is 5.92 Å². The molecule has 2 rings (SSSR count). The van der Waals surface area contributed by atoms with E-state index in [4.69, 9.17) is 0 Å². The van der Waals surface area contributed by atoms with E-state index in [0.29, 0.717) is 0 Å². The van der Waals surface area contributed by atoms with Crippen molar-refractivity contribution in [3.8, 4) is 0 Å². The topological polar surface area (TPSA) is 0 Å². The maximum atomic E-state index is 2.40. The molecule has 1 aromatic rings. The van der Waals surface area contributed by atoms with Crippen molar-refractivity contribution in [2.45, 2.75) is 39.5 Å². The SMILES string of the molecule is CCc1ccc2c(c1)CC(C)C2C. The average Bonchev–Trinajstić information content (AvgIpc) is 2.42. The maximum Gasteiger partial charge on any atom is -0.0159 e. The summed E-state index contributed by atoms with van der Waals surface area (Å²) in [4.78, 5) is 0. The van der Waals surface area contributed by atoms with Gasteiger partial charge in [-0.3, -0.25) is 0 Å². The molecule has 0 aromatic heterocycles. The van der Waals surface area contributed by atoms with Crippen LogP contribution in [-0.4, -0.2) is 0 Å². The Morgan fingerprint density at radius 2 is 2.08 bits per heavy atom. The first-order chi connectivity index (χ1) is 6.22. The van der Waals surface area contributed by atoms with Crippen LogP contribution in [0.2, 0.25) is 0 Å². The summed E-state index contributed by atoms with van der Waals surface area (Å²) in [7, 11) is 0. The van der Waals surface area contributed by atoms with Gasteiger partial charge in [0.05, 0.1) is 0 Å². The first-order valence-corrected chi connectivity index (χ1v) is 5.34. The van der Waals surface area contributed by atoms with Crippen molar-refractivity contribution < 1.29 is 0 Å². The van der Waals surface area contributed by atoms with Gasteiger partial charge >= 0.3 is 0 Å². The first-order valence-electron chi connectivity index (χ1n) is 5.34. The molecule has 0 aliphatic heterocycles. The van der Waals surface area contributed by atoms with E-state index >= 15 is 0 Å². The van der Waals surface area contributed by atoms with Crippen molar-refractivity contribution in [2.75, 3.05) is 0 Å². The molecule has 0 spiro atoms. The molecule has 0 saturated carbocycles. The number of benzene rings is 1. The quantitative estimate of drug-likeness (QED) is 0.611. The molecule has 0 bridgehead atoms. The Morgan fingerprint density at radius 1 is 1.31 bits per heavy atom. The van der Waals surface area contributed by atoms with Crippen LogP contribution in [-0.2, 0) is 12.8 Å². The fourth-order valence-electron chi connectivity index (χ4n) is 2.33. The third kappa shape index (κ3) is 1.39. The molecule has 70 valence electrons. The predicted octanol–water partition coefficient (Wildman–Crippen LogP) is 3.54. The van der Waals surface area contributed by atoms with E-state index < -0.39 is 0 Å². The van der Waals surface area contributed by atoms with Crippen LogP contribution >= 0.6 is 0 Å². The Kier molecular flexibility index (Phi) is 2.15. The summed E-state index contributed by atoms with van der Waals surface area (Å²) >= 11 is 0. The van der Waals surface area contributed by atoms with Gasteiger partial charge < -0.3 is 0 Å². The summed E-state index contributed by atoms with van der Waals surface area (Å²) in [6, 6.07) is 7.02. The zero-order valence-electron chi connectivity index (χ0n) is 8.80. The van der Waals surface area contributed by atoms with E-state index in [9.17, 15) is 0 Å². The zero-order chi connectivity index (χ0) is 9.42. The molecule has 0 radical (unpaired) electrons. The molecule has 0 N–H and O–H groups in total. The lowest BCUT2D eigenvalue weighted by Crippen LogP contribution is -1.97. The molecule has 0 fully saturated rings. The van der Waals surface area contributed by atoms with E-state index in [1.807, 2.05) is 0 Å². The number of fused-ring (bicyclic) bond motifs is 1. The monoisotopic (exact) mass is 174 g/mol. The highest BCUT2D eigenvalue weighted by Gasteiger charge is 2.25. The summed E-state index contributed by atoms with van der Waals surface area (Å²) in [5.41, 5.74) is 4.67. The van der Waals surface area contributed by atoms with E-state index in [1.54, 1.807) is 11.1 Å². The summed E-state index contributed by atoms with van der Waals surface area (Å²) in [5, 5.41) is 0. The van der Waals surface area contributed by atoms with Crippen LogP contribution in [0.15, 0.2) is 18.2 Å². The van der Waals surface area contributed by atoms with Crippen molar-refractivity contribution in [3.05, 3.63) is 34.9 Å². The van der Waals surface area contributed by atoms with Crippen LogP contribution < -0.4 is 0 Å². The third-order valence-corrected chi connectivity index (χ3v) is 3.50. The normalized spacial score (nSPS) is 26.1. The van der Waals surface area contributed by atoms with Crippen LogP contribution in [0.1, 0.15) is 43.4 Å². The molecular weight excluding hydrogens is 156 g/mol. The smallest absolute Gasteiger partial charge is 0.0159 e. The van der Waals surface area contributed by atoms with Gasteiger partial charge in [0.25, 0.3) is 0 Å². The standard InChI is InChI=1S/C13H18/c1-4-11-5-6-13-10(3)9(2)7-12(13)8-11/h5-6,8-10H,4,7H2,1-3H3. The molecule has 1 aromatic carbocycles. The Labute approximate surface area is 81.0 Å². The van der Waals surface area contributed by atoms with Gasteiger partial charge in [-0.1, -0.05) is 39.0 Å². The summed E-state index contributed by atoms with van der Waals surface area (Å²) in [6.45, 7) is 6.93. The van der Waals surface area contributed by atoms with Crippen molar-refractivity contribution in [1.29, 1.82) is 0 Å². The molecule has 2 atom stereocenters. The molecule has 0 heterocycles. The van der Waals surface area contributed by atoms with Gasteiger partial charge in [0, 0.05) is 0 Å². The van der Waals surface area contributed by atoms with Crippen molar-refractivity contribution >= 4 is 0 Å². The highest BCUT2D eigenvalue weighted by Crippen LogP contribution is 2.37. The Bertz CT molecular complexity index is 312. The molecule has 1 aliphatic rings. The van der Waals surface area contributed by atoms with Crippen molar-refractivity contribution in [3.63, 3.8) is 0 Å². The minimum Gasteiger partial charge on any atom is -0.0616 e. The molecule has 0 heteroatoms. The second-order valence-electron chi connectivity index (χ2n) is 4.36. The van der Waals surface area contributed by atoms with Gasteiger partial charge in [0.1, 0.15) is 0 Å². The number of hydrogen-bond acceptors (Lipinski definition) is 0. The molecule has 0 amide bonds. The minimum absolute atomic E-state index is 0.765. The average molecular weight is 174 g/mol. The Balaban J connectivity index is 2.40. The highest BCUT2D eigenvalue weighted by molar-refractivity contribution is 5.38. The van der Waals surface area contributed by atoms with Crippen LogP contribution in [0.5, 0.6) is 0 Å².